The van der Waals surface area contributed by atoms with E-state index in [1.54, 1.807) is 25.2 Å². The lowest BCUT2D eigenvalue weighted by atomic mass is 10.1. The van der Waals surface area contributed by atoms with E-state index in [4.69, 9.17) is 4.74 Å². The van der Waals surface area contributed by atoms with Gasteiger partial charge in [0.05, 0.1) is 11.5 Å². The largest absolute Gasteiger partial charge is 0.380 e. The maximum absolute atomic E-state index is 12.4. The second kappa shape index (κ2) is 13.3. The van der Waals surface area contributed by atoms with Gasteiger partial charge in [0.1, 0.15) is 0 Å². The topological polar surface area (TPSA) is 83.0 Å². The normalized spacial score (nSPS) is 12.2. The molecule has 1 rings (SSSR count). The first-order valence-electron chi connectivity index (χ1n) is 8.81. The standard InChI is InChI=1S/C18H32N4O3S.HI/c1-15(2)10-12-25-13-11-20-18(19-3)21-14-16-8-6-7-9-17(16)26(23,24)22(4)5;/h6-9,15H,10-14H2,1-5H3,(H2,19,20,21);1H. The summed E-state index contributed by atoms with van der Waals surface area (Å²) in [6.07, 6.45) is 1.05. The van der Waals surface area contributed by atoms with Crippen LogP contribution >= 0.6 is 24.0 Å². The van der Waals surface area contributed by atoms with Crippen molar-refractivity contribution in [3.63, 3.8) is 0 Å². The summed E-state index contributed by atoms with van der Waals surface area (Å²) in [6, 6.07) is 6.96. The van der Waals surface area contributed by atoms with Gasteiger partial charge in [0.2, 0.25) is 10.0 Å². The highest BCUT2D eigenvalue weighted by atomic mass is 127. The summed E-state index contributed by atoms with van der Waals surface area (Å²) >= 11 is 0. The molecule has 0 fully saturated rings. The number of nitrogens with one attached hydrogen (secondary N) is 2. The average Bonchev–Trinajstić information content (AvgIpc) is 2.60. The first kappa shape index (κ1) is 26.1. The van der Waals surface area contributed by atoms with Crippen molar-refractivity contribution in [3.8, 4) is 0 Å². The van der Waals surface area contributed by atoms with Gasteiger partial charge in [-0.05, 0) is 24.0 Å². The first-order valence-corrected chi connectivity index (χ1v) is 10.3. The lowest BCUT2D eigenvalue weighted by Gasteiger charge is -2.17. The van der Waals surface area contributed by atoms with Crippen molar-refractivity contribution in [1.82, 2.24) is 14.9 Å². The molecule has 9 heteroatoms. The molecule has 1 aromatic rings. The maximum Gasteiger partial charge on any atom is 0.242 e. The van der Waals surface area contributed by atoms with Gasteiger partial charge < -0.3 is 15.4 Å². The molecule has 2 N–H and O–H groups in total. The van der Waals surface area contributed by atoms with Crippen LogP contribution in [0.2, 0.25) is 0 Å². The summed E-state index contributed by atoms with van der Waals surface area (Å²) in [6.45, 7) is 6.68. The molecule has 0 spiro atoms. The lowest BCUT2D eigenvalue weighted by Crippen LogP contribution is -2.39. The molecule has 0 bridgehead atoms. The molecule has 7 nitrogen and oxygen atoms in total. The van der Waals surface area contributed by atoms with Crippen molar-refractivity contribution >= 4 is 40.0 Å². The molecule has 0 heterocycles. The molecule has 156 valence electrons. The molecule has 27 heavy (non-hydrogen) atoms. The smallest absolute Gasteiger partial charge is 0.242 e. The van der Waals surface area contributed by atoms with Crippen molar-refractivity contribution in [3.05, 3.63) is 29.8 Å². The molecule has 0 unspecified atom stereocenters. The summed E-state index contributed by atoms with van der Waals surface area (Å²) in [5, 5.41) is 6.31. The minimum Gasteiger partial charge on any atom is -0.380 e. The predicted octanol–water partition coefficient (Wildman–Crippen LogP) is 2.28. The minimum atomic E-state index is -3.48. The van der Waals surface area contributed by atoms with E-state index in [-0.39, 0.29) is 24.0 Å². The Morgan fingerprint density at radius 1 is 1.19 bits per heavy atom. The Morgan fingerprint density at radius 3 is 2.44 bits per heavy atom. The van der Waals surface area contributed by atoms with E-state index in [1.807, 2.05) is 6.07 Å². The SMILES string of the molecule is CN=C(NCCOCCC(C)C)NCc1ccccc1S(=O)(=O)N(C)C.I. The fraction of sp³-hybridized carbons (Fsp3) is 0.611. The Labute approximate surface area is 181 Å². The summed E-state index contributed by atoms with van der Waals surface area (Å²) in [5.41, 5.74) is 0.692. The fourth-order valence-electron chi connectivity index (χ4n) is 2.16. The number of rotatable bonds is 10. The molecule has 1 aromatic carbocycles. The molecule has 0 aliphatic carbocycles. The number of nitrogens with zero attached hydrogens (tertiary/aromatic N) is 2. The highest BCUT2D eigenvalue weighted by Crippen LogP contribution is 2.18. The number of halogens is 1. The van der Waals surface area contributed by atoms with Crippen LogP contribution in [0.3, 0.4) is 0 Å². The third kappa shape index (κ3) is 9.22. The van der Waals surface area contributed by atoms with Gasteiger partial charge in [-0.3, -0.25) is 4.99 Å². The summed E-state index contributed by atoms with van der Waals surface area (Å²) in [4.78, 5) is 4.45. The number of guanidine groups is 1. The predicted molar refractivity (Wildman–Crippen MR) is 121 cm³/mol. The third-order valence-corrected chi connectivity index (χ3v) is 5.70. The van der Waals surface area contributed by atoms with Gasteiger partial charge in [-0.25, -0.2) is 12.7 Å². The molecule has 0 saturated heterocycles. The van der Waals surface area contributed by atoms with Crippen LogP contribution in [0.4, 0.5) is 0 Å². The van der Waals surface area contributed by atoms with E-state index in [2.05, 4.69) is 29.5 Å². The van der Waals surface area contributed by atoms with Gasteiger partial charge in [-0.2, -0.15) is 0 Å². The Balaban J connectivity index is 0.00000676. The Morgan fingerprint density at radius 2 is 1.85 bits per heavy atom. The van der Waals surface area contributed by atoms with E-state index in [9.17, 15) is 8.42 Å². The maximum atomic E-state index is 12.4. The van der Waals surface area contributed by atoms with Gasteiger partial charge in [-0.15, -0.1) is 24.0 Å². The van der Waals surface area contributed by atoms with Gasteiger partial charge >= 0.3 is 0 Å². The first-order chi connectivity index (χ1) is 12.3. The minimum absolute atomic E-state index is 0. The van der Waals surface area contributed by atoms with Crippen LogP contribution in [0.1, 0.15) is 25.8 Å². The van der Waals surface area contributed by atoms with Crippen LogP contribution < -0.4 is 10.6 Å². The monoisotopic (exact) mass is 512 g/mol. The lowest BCUT2D eigenvalue weighted by molar-refractivity contribution is 0.128. The van der Waals surface area contributed by atoms with E-state index in [0.717, 1.165) is 13.0 Å². The van der Waals surface area contributed by atoms with Crippen molar-refractivity contribution in [2.24, 2.45) is 10.9 Å². The average molecular weight is 512 g/mol. The van der Waals surface area contributed by atoms with E-state index in [1.165, 1.54) is 18.4 Å². The zero-order valence-corrected chi connectivity index (χ0v) is 20.0. The Kier molecular flexibility index (Phi) is 12.8. The molecular formula is C18H33IN4O3S. The Hall–Kier alpha value is -0.910. The molecule has 0 radical (unpaired) electrons. The molecule has 0 atom stereocenters. The van der Waals surface area contributed by atoms with Crippen LogP contribution in [-0.4, -0.2) is 59.6 Å². The second-order valence-corrected chi connectivity index (χ2v) is 8.66. The molecule has 0 aliphatic rings. The van der Waals surface area contributed by atoms with Crippen LogP contribution in [0.25, 0.3) is 0 Å². The third-order valence-electron chi connectivity index (χ3n) is 3.78. The van der Waals surface area contributed by atoms with Crippen LogP contribution in [0.15, 0.2) is 34.2 Å². The zero-order chi connectivity index (χ0) is 19.6. The highest BCUT2D eigenvalue weighted by molar-refractivity contribution is 14.0. The van der Waals surface area contributed by atoms with E-state index < -0.39 is 10.0 Å². The number of hydrogen-bond donors (Lipinski definition) is 2. The highest BCUT2D eigenvalue weighted by Gasteiger charge is 2.20. The van der Waals surface area contributed by atoms with E-state index in [0.29, 0.717) is 42.0 Å². The molecular weight excluding hydrogens is 479 g/mol. The molecule has 0 aliphatic heterocycles. The summed E-state index contributed by atoms with van der Waals surface area (Å²) < 4.78 is 31.6. The molecule has 0 aromatic heterocycles. The number of benzene rings is 1. The molecule has 0 amide bonds. The van der Waals surface area contributed by atoms with Gasteiger partial charge in [0.25, 0.3) is 0 Å². The number of sulfonamides is 1. The molecule has 0 saturated carbocycles. The van der Waals surface area contributed by atoms with Crippen LogP contribution in [-0.2, 0) is 21.3 Å². The second-order valence-electron chi connectivity index (χ2n) is 6.54. The van der Waals surface area contributed by atoms with Crippen molar-refractivity contribution in [1.29, 1.82) is 0 Å². The number of hydrogen-bond acceptors (Lipinski definition) is 4. The zero-order valence-electron chi connectivity index (χ0n) is 16.9. The van der Waals surface area contributed by atoms with Crippen molar-refractivity contribution < 1.29 is 13.2 Å². The van der Waals surface area contributed by atoms with Crippen LogP contribution in [0.5, 0.6) is 0 Å². The van der Waals surface area contributed by atoms with Crippen molar-refractivity contribution in [2.75, 3.05) is 40.9 Å². The van der Waals surface area contributed by atoms with E-state index >= 15 is 0 Å². The number of ether oxygens (including phenoxy) is 1. The fourth-order valence-corrected chi connectivity index (χ4v) is 3.28. The van der Waals surface area contributed by atoms with Crippen molar-refractivity contribution in [2.45, 2.75) is 31.7 Å². The number of aliphatic imine (C=N–C) groups is 1. The summed E-state index contributed by atoms with van der Waals surface area (Å²) in [5.74, 6) is 1.24. The van der Waals surface area contributed by atoms with Gasteiger partial charge in [-0.1, -0.05) is 32.0 Å². The van der Waals surface area contributed by atoms with Crippen LogP contribution in [0, 0.1) is 5.92 Å². The summed E-state index contributed by atoms with van der Waals surface area (Å²) in [7, 11) is 1.25. The quantitative estimate of drug-likeness (QED) is 0.218. The van der Waals surface area contributed by atoms with Gasteiger partial charge in [0.15, 0.2) is 5.96 Å². The Bertz CT molecular complexity index is 679. The van der Waals surface area contributed by atoms with Gasteiger partial charge in [0, 0.05) is 40.8 Å².